The van der Waals surface area contributed by atoms with Gasteiger partial charge < -0.3 is 33.5 Å². The molecule has 3 aromatic rings. The first-order chi connectivity index (χ1) is 18.4. The molecule has 38 heavy (non-hydrogen) atoms. The van der Waals surface area contributed by atoms with E-state index in [-0.39, 0.29) is 16.9 Å². The van der Waals surface area contributed by atoms with Crippen molar-refractivity contribution in [2.45, 2.75) is 30.7 Å². The fourth-order valence-electron chi connectivity index (χ4n) is 3.81. The summed E-state index contributed by atoms with van der Waals surface area (Å²) in [5.41, 5.74) is 0.384. The van der Waals surface area contributed by atoms with E-state index < -0.39 is 48.6 Å². The minimum Gasteiger partial charge on any atom is -0.497 e. The average molecular weight is 523 g/mol. The molecule has 5 atom stereocenters. The number of esters is 3. The number of hydrogen-bond donors (Lipinski definition) is 1. The number of ether oxygens (including phenoxy) is 6. The molecule has 1 aliphatic heterocycles. The van der Waals surface area contributed by atoms with Gasteiger partial charge in [-0.1, -0.05) is 36.4 Å². The zero-order valence-corrected chi connectivity index (χ0v) is 20.6. The minimum absolute atomic E-state index is 0.182. The fraction of sp³-hybridized carbons (Fsp3) is 0.250. The molecular weight excluding hydrogens is 496 g/mol. The van der Waals surface area contributed by atoms with Crippen molar-refractivity contribution in [2.24, 2.45) is 0 Å². The van der Waals surface area contributed by atoms with Crippen LogP contribution in [0.1, 0.15) is 20.7 Å². The van der Waals surface area contributed by atoms with Crippen LogP contribution < -0.4 is 9.47 Å². The maximum absolute atomic E-state index is 13.0. The Labute approximate surface area is 218 Å². The maximum Gasteiger partial charge on any atom is 0.338 e. The predicted molar refractivity (Wildman–Crippen MR) is 132 cm³/mol. The van der Waals surface area contributed by atoms with Gasteiger partial charge in [-0.2, -0.15) is 0 Å². The summed E-state index contributed by atoms with van der Waals surface area (Å²) in [5.74, 6) is -1.71. The van der Waals surface area contributed by atoms with Crippen molar-refractivity contribution in [1.82, 2.24) is 0 Å². The summed E-state index contributed by atoms with van der Waals surface area (Å²) in [7, 11) is 2.62. The summed E-state index contributed by atoms with van der Waals surface area (Å²) in [6, 6.07) is 22.5. The Hall–Kier alpha value is -4.41. The number of benzene rings is 3. The van der Waals surface area contributed by atoms with Crippen molar-refractivity contribution in [3.8, 4) is 11.5 Å². The normalized spacial score (nSPS) is 22.6. The largest absolute Gasteiger partial charge is 0.497 e. The first-order valence-electron chi connectivity index (χ1n) is 11.7. The third kappa shape index (κ3) is 6.10. The summed E-state index contributed by atoms with van der Waals surface area (Å²) in [5, 5.41) is 11.1. The Bertz CT molecular complexity index is 1230. The van der Waals surface area contributed by atoms with Gasteiger partial charge in [0.1, 0.15) is 17.6 Å². The lowest BCUT2D eigenvalue weighted by molar-refractivity contribution is -0.270. The minimum atomic E-state index is -1.75. The van der Waals surface area contributed by atoms with Gasteiger partial charge in [-0.3, -0.25) is 0 Å². The Morgan fingerprint density at radius 2 is 1.21 bits per heavy atom. The quantitative estimate of drug-likeness (QED) is 0.349. The summed E-state index contributed by atoms with van der Waals surface area (Å²) in [4.78, 5) is 38.4. The van der Waals surface area contributed by atoms with Crippen LogP contribution in [0.3, 0.4) is 0 Å². The molecule has 0 radical (unpaired) electrons. The van der Waals surface area contributed by atoms with Gasteiger partial charge in [-0.15, -0.1) is 0 Å². The van der Waals surface area contributed by atoms with E-state index in [2.05, 4.69) is 0 Å². The van der Waals surface area contributed by atoms with E-state index in [1.807, 2.05) is 0 Å². The highest BCUT2D eigenvalue weighted by Gasteiger charge is 2.54. The van der Waals surface area contributed by atoms with Gasteiger partial charge in [-0.25, -0.2) is 14.4 Å². The smallest absolute Gasteiger partial charge is 0.338 e. The van der Waals surface area contributed by atoms with Crippen molar-refractivity contribution in [1.29, 1.82) is 0 Å². The van der Waals surface area contributed by atoms with Crippen LogP contribution in [0.4, 0.5) is 0 Å². The highest BCUT2D eigenvalue weighted by molar-refractivity contribution is 5.90. The molecule has 1 N–H and O–H groups in total. The van der Waals surface area contributed by atoms with Crippen LogP contribution in [0.15, 0.2) is 84.9 Å². The van der Waals surface area contributed by atoms with Gasteiger partial charge in [0.2, 0.25) is 12.4 Å². The zero-order chi connectivity index (χ0) is 27.1. The van der Waals surface area contributed by atoms with E-state index in [0.29, 0.717) is 5.75 Å². The lowest BCUT2D eigenvalue weighted by Crippen LogP contribution is -2.63. The van der Waals surface area contributed by atoms with Crippen molar-refractivity contribution in [2.75, 3.05) is 14.2 Å². The Kier molecular flexibility index (Phi) is 8.57. The highest BCUT2D eigenvalue weighted by Crippen LogP contribution is 2.31. The molecule has 0 unspecified atom stereocenters. The lowest BCUT2D eigenvalue weighted by Gasteiger charge is -2.42. The van der Waals surface area contributed by atoms with E-state index in [1.165, 1.54) is 31.4 Å². The van der Waals surface area contributed by atoms with E-state index in [9.17, 15) is 19.5 Å². The highest BCUT2D eigenvalue weighted by atomic mass is 16.7. The van der Waals surface area contributed by atoms with E-state index in [1.54, 1.807) is 60.7 Å². The van der Waals surface area contributed by atoms with Crippen molar-refractivity contribution in [3.05, 3.63) is 96.1 Å². The number of rotatable bonds is 8. The van der Waals surface area contributed by atoms with Crippen LogP contribution in [-0.2, 0) is 23.7 Å². The average Bonchev–Trinajstić information content (AvgIpc) is 2.96. The summed E-state index contributed by atoms with van der Waals surface area (Å²) >= 11 is 0. The van der Waals surface area contributed by atoms with Gasteiger partial charge in [0.25, 0.3) is 0 Å². The molecule has 1 fully saturated rings. The molecule has 198 valence electrons. The predicted octanol–water partition coefficient (Wildman–Crippen LogP) is 2.78. The molecule has 1 heterocycles. The van der Waals surface area contributed by atoms with E-state index >= 15 is 0 Å². The number of aliphatic hydroxyl groups is 1. The van der Waals surface area contributed by atoms with Crippen molar-refractivity contribution >= 4 is 17.9 Å². The maximum atomic E-state index is 13.0. The molecule has 1 aliphatic rings. The Morgan fingerprint density at radius 1 is 0.711 bits per heavy atom. The van der Waals surface area contributed by atoms with Crippen LogP contribution in [0.2, 0.25) is 0 Å². The van der Waals surface area contributed by atoms with Crippen LogP contribution in [0, 0.1) is 0 Å². The topological polar surface area (TPSA) is 127 Å². The van der Waals surface area contributed by atoms with Crippen molar-refractivity contribution < 1.29 is 47.9 Å². The van der Waals surface area contributed by atoms with Gasteiger partial charge >= 0.3 is 17.9 Å². The molecule has 10 heteroatoms. The summed E-state index contributed by atoms with van der Waals surface area (Å²) < 4.78 is 32.9. The molecule has 3 aromatic carbocycles. The second-order valence-corrected chi connectivity index (χ2v) is 8.20. The Morgan fingerprint density at radius 3 is 1.71 bits per heavy atom. The summed E-state index contributed by atoms with van der Waals surface area (Å²) in [6.45, 7) is 0. The van der Waals surface area contributed by atoms with Gasteiger partial charge in [0.15, 0.2) is 12.2 Å². The summed E-state index contributed by atoms with van der Waals surface area (Å²) in [6.07, 6.45) is -7.87. The molecule has 0 aromatic heterocycles. The van der Waals surface area contributed by atoms with Gasteiger partial charge in [0.05, 0.1) is 25.3 Å². The number of methoxy groups -OCH3 is 2. The van der Waals surface area contributed by atoms with E-state index in [0.717, 1.165) is 7.11 Å². The van der Waals surface area contributed by atoms with Crippen LogP contribution in [0.5, 0.6) is 11.5 Å². The van der Waals surface area contributed by atoms with Crippen molar-refractivity contribution in [3.63, 3.8) is 0 Å². The molecule has 1 saturated heterocycles. The molecule has 0 aliphatic carbocycles. The van der Waals surface area contributed by atoms with Crippen LogP contribution in [-0.4, -0.2) is 67.9 Å². The van der Waals surface area contributed by atoms with Crippen LogP contribution >= 0.6 is 0 Å². The number of aliphatic hydroxyl groups excluding tert-OH is 1. The third-order valence-electron chi connectivity index (χ3n) is 5.77. The molecular formula is C28H26O10. The van der Waals surface area contributed by atoms with Gasteiger partial charge in [0, 0.05) is 0 Å². The fourth-order valence-corrected chi connectivity index (χ4v) is 3.81. The molecule has 0 saturated carbocycles. The zero-order valence-electron chi connectivity index (χ0n) is 20.6. The second-order valence-electron chi connectivity index (χ2n) is 8.20. The Balaban J connectivity index is 1.70. The molecule has 0 bridgehead atoms. The van der Waals surface area contributed by atoms with Crippen LogP contribution in [0.25, 0.3) is 0 Å². The molecule has 0 spiro atoms. The second kappa shape index (κ2) is 12.2. The number of carbonyl (C=O) groups excluding carboxylic acids is 3. The monoisotopic (exact) mass is 522 g/mol. The van der Waals surface area contributed by atoms with E-state index in [4.69, 9.17) is 28.4 Å². The first kappa shape index (κ1) is 26.6. The molecule has 10 nitrogen and oxygen atoms in total. The number of carbonyl (C=O) groups is 3. The number of hydrogen-bond acceptors (Lipinski definition) is 10. The lowest BCUT2D eigenvalue weighted by atomic mass is 9.98. The SMILES string of the molecule is COC(=O)[C@H]1O[C@@H](Oc2ccc(OC)cc2)[C@H](OC(=O)c2ccccc2)[C@@H](OC(=O)c2ccccc2)[C@@H]1O. The third-order valence-corrected chi connectivity index (χ3v) is 5.77. The van der Waals surface area contributed by atoms with Gasteiger partial charge in [-0.05, 0) is 48.5 Å². The molecule has 0 amide bonds. The molecule has 4 rings (SSSR count). The first-order valence-corrected chi connectivity index (χ1v) is 11.7. The standard InChI is InChI=1S/C28H26O10/c1-33-19-13-15-20(16-14-19)35-28-24(37-26(31)18-11-7-4-8-12-18)22(21(29)23(38-28)27(32)34-2)36-25(30)17-9-5-3-6-10-17/h3-16,21-24,28-29H,1-2H3/t21-,22-,23-,24+,28+/m0/s1.